The van der Waals surface area contributed by atoms with Gasteiger partial charge >= 0.3 is 5.69 Å². The van der Waals surface area contributed by atoms with Gasteiger partial charge in [0.2, 0.25) is 5.82 Å². The van der Waals surface area contributed by atoms with Crippen molar-refractivity contribution >= 4 is 11.5 Å². The second-order valence-corrected chi connectivity index (χ2v) is 4.49. The van der Waals surface area contributed by atoms with Gasteiger partial charge < -0.3 is 10.2 Å². The summed E-state index contributed by atoms with van der Waals surface area (Å²) in [4.78, 5) is 13.0. The van der Waals surface area contributed by atoms with E-state index in [0.29, 0.717) is 17.9 Å². The van der Waals surface area contributed by atoms with Crippen LogP contribution in [0.4, 0.5) is 11.5 Å². The smallest absolute Gasteiger partial charge is 0.334 e. The highest BCUT2D eigenvalue weighted by Crippen LogP contribution is 2.32. The highest BCUT2D eigenvalue weighted by Gasteiger charge is 2.30. The first kappa shape index (κ1) is 12.8. The van der Waals surface area contributed by atoms with Crippen LogP contribution in [0, 0.1) is 10.1 Å². The van der Waals surface area contributed by atoms with Crippen LogP contribution in [0.15, 0.2) is 0 Å². The van der Waals surface area contributed by atoms with E-state index in [1.54, 1.807) is 11.7 Å². The fourth-order valence-electron chi connectivity index (χ4n) is 2.38. The van der Waals surface area contributed by atoms with E-state index >= 15 is 0 Å². The molecule has 2 rings (SSSR count). The van der Waals surface area contributed by atoms with E-state index in [0.717, 1.165) is 32.6 Å². The largest absolute Gasteiger partial charge is 0.349 e. The molecule has 1 N–H and O–H groups in total. The highest BCUT2D eigenvalue weighted by atomic mass is 16.6. The summed E-state index contributed by atoms with van der Waals surface area (Å²) in [6.45, 7) is 5.28. The molecule has 2 heterocycles. The van der Waals surface area contributed by atoms with Crippen molar-refractivity contribution in [2.45, 2.75) is 19.8 Å². The Morgan fingerprint density at radius 3 is 2.67 bits per heavy atom. The maximum Gasteiger partial charge on any atom is 0.334 e. The van der Waals surface area contributed by atoms with Crippen LogP contribution in [-0.2, 0) is 13.5 Å². The molecule has 7 heteroatoms. The predicted octanol–water partition coefficient (Wildman–Crippen LogP) is 0.690. The van der Waals surface area contributed by atoms with E-state index in [-0.39, 0.29) is 10.6 Å². The Hall–Kier alpha value is -1.63. The minimum absolute atomic E-state index is 0.182. The number of aryl methyl sites for hydroxylation is 2. The van der Waals surface area contributed by atoms with Crippen LogP contribution in [0.5, 0.6) is 0 Å². The SMILES string of the molecule is CCCc1nn(C)c(N2CCNCC2)c1[N+](=O)[O-]. The Labute approximate surface area is 106 Å². The number of nitrogens with one attached hydrogen (secondary N) is 1. The molecule has 0 amide bonds. The number of anilines is 1. The average Bonchev–Trinajstić information content (AvgIpc) is 2.67. The molecule has 0 spiro atoms. The van der Waals surface area contributed by atoms with Gasteiger partial charge in [-0.1, -0.05) is 13.3 Å². The van der Waals surface area contributed by atoms with Gasteiger partial charge in [0.05, 0.1) is 4.92 Å². The maximum atomic E-state index is 11.3. The van der Waals surface area contributed by atoms with Crippen molar-refractivity contribution in [2.75, 3.05) is 31.1 Å². The zero-order valence-electron chi connectivity index (χ0n) is 10.8. The fourth-order valence-corrected chi connectivity index (χ4v) is 2.38. The third kappa shape index (κ3) is 2.31. The van der Waals surface area contributed by atoms with Crippen molar-refractivity contribution in [3.05, 3.63) is 15.8 Å². The average molecular weight is 253 g/mol. The van der Waals surface area contributed by atoms with Crippen molar-refractivity contribution in [1.29, 1.82) is 0 Å². The Balaban J connectivity index is 2.40. The molecule has 1 saturated heterocycles. The summed E-state index contributed by atoms with van der Waals surface area (Å²) in [5.41, 5.74) is 0.778. The minimum Gasteiger partial charge on any atom is -0.349 e. The van der Waals surface area contributed by atoms with Crippen LogP contribution in [0.2, 0.25) is 0 Å². The molecule has 1 aromatic heterocycles. The zero-order valence-corrected chi connectivity index (χ0v) is 10.8. The van der Waals surface area contributed by atoms with Gasteiger partial charge in [-0.05, 0) is 6.42 Å². The molecule has 1 aliphatic heterocycles. The molecule has 0 atom stereocenters. The summed E-state index contributed by atoms with van der Waals surface area (Å²) in [7, 11) is 1.78. The van der Waals surface area contributed by atoms with Gasteiger partial charge in [0, 0.05) is 33.2 Å². The lowest BCUT2D eigenvalue weighted by Gasteiger charge is -2.28. The quantitative estimate of drug-likeness (QED) is 0.631. The highest BCUT2D eigenvalue weighted by molar-refractivity contribution is 5.62. The van der Waals surface area contributed by atoms with Crippen LogP contribution in [-0.4, -0.2) is 40.9 Å². The van der Waals surface area contributed by atoms with Gasteiger partial charge in [0.1, 0.15) is 5.69 Å². The molecular formula is C11H19N5O2. The third-order valence-corrected chi connectivity index (χ3v) is 3.15. The molecule has 0 saturated carbocycles. The monoisotopic (exact) mass is 253 g/mol. The molecule has 1 fully saturated rings. The van der Waals surface area contributed by atoms with Crippen molar-refractivity contribution < 1.29 is 4.92 Å². The van der Waals surface area contributed by atoms with E-state index in [2.05, 4.69) is 10.4 Å². The van der Waals surface area contributed by atoms with Crippen LogP contribution in [0.1, 0.15) is 19.0 Å². The van der Waals surface area contributed by atoms with Crippen LogP contribution in [0.3, 0.4) is 0 Å². The summed E-state index contributed by atoms with van der Waals surface area (Å²) in [6, 6.07) is 0. The maximum absolute atomic E-state index is 11.3. The first-order chi connectivity index (χ1) is 8.65. The summed E-state index contributed by atoms with van der Waals surface area (Å²) in [6.07, 6.45) is 1.51. The summed E-state index contributed by atoms with van der Waals surface area (Å²) in [5.74, 6) is 0.643. The van der Waals surface area contributed by atoms with Crippen LogP contribution < -0.4 is 10.2 Å². The standard InChI is InChI=1S/C11H19N5O2/c1-3-4-9-10(16(17)18)11(14(2)13-9)15-7-5-12-6-8-15/h12H,3-8H2,1-2H3. The number of aromatic nitrogens is 2. The van der Waals surface area contributed by atoms with Crippen LogP contribution in [0.25, 0.3) is 0 Å². The Kier molecular flexibility index (Phi) is 3.81. The zero-order chi connectivity index (χ0) is 13.1. The van der Waals surface area contributed by atoms with Gasteiger partial charge in [0.25, 0.3) is 0 Å². The van der Waals surface area contributed by atoms with E-state index in [1.165, 1.54) is 0 Å². The Bertz CT molecular complexity index is 437. The number of nitrogens with zero attached hydrogens (tertiary/aromatic N) is 4. The topological polar surface area (TPSA) is 76.2 Å². The van der Waals surface area contributed by atoms with E-state index in [9.17, 15) is 10.1 Å². The lowest BCUT2D eigenvalue weighted by molar-refractivity contribution is -0.384. The molecule has 0 aromatic carbocycles. The van der Waals surface area contributed by atoms with E-state index in [1.807, 2.05) is 11.8 Å². The summed E-state index contributed by atoms with van der Waals surface area (Å²) in [5, 5.41) is 18.8. The number of hydrogen-bond acceptors (Lipinski definition) is 5. The molecule has 0 unspecified atom stereocenters. The summed E-state index contributed by atoms with van der Waals surface area (Å²) >= 11 is 0. The van der Waals surface area contributed by atoms with Crippen molar-refractivity contribution in [2.24, 2.45) is 7.05 Å². The molecular weight excluding hydrogens is 234 g/mol. The molecule has 0 aliphatic carbocycles. The van der Waals surface area contributed by atoms with Gasteiger partial charge in [-0.15, -0.1) is 0 Å². The Morgan fingerprint density at radius 2 is 2.11 bits per heavy atom. The second-order valence-electron chi connectivity index (χ2n) is 4.49. The van der Waals surface area contributed by atoms with Crippen molar-refractivity contribution in [3.8, 4) is 0 Å². The molecule has 0 bridgehead atoms. The predicted molar refractivity (Wildman–Crippen MR) is 68.9 cm³/mol. The first-order valence-corrected chi connectivity index (χ1v) is 6.31. The lowest BCUT2D eigenvalue weighted by atomic mass is 10.2. The van der Waals surface area contributed by atoms with Crippen molar-refractivity contribution in [1.82, 2.24) is 15.1 Å². The normalized spacial score (nSPS) is 16.0. The molecule has 7 nitrogen and oxygen atoms in total. The molecule has 100 valence electrons. The van der Waals surface area contributed by atoms with Crippen molar-refractivity contribution in [3.63, 3.8) is 0 Å². The van der Waals surface area contributed by atoms with Gasteiger partial charge in [-0.3, -0.25) is 10.1 Å². The third-order valence-electron chi connectivity index (χ3n) is 3.15. The first-order valence-electron chi connectivity index (χ1n) is 6.31. The van der Waals surface area contributed by atoms with E-state index < -0.39 is 0 Å². The lowest BCUT2D eigenvalue weighted by Crippen LogP contribution is -2.44. The van der Waals surface area contributed by atoms with Crippen LogP contribution >= 0.6 is 0 Å². The van der Waals surface area contributed by atoms with Gasteiger partial charge in [-0.2, -0.15) is 5.10 Å². The Morgan fingerprint density at radius 1 is 1.44 bits per heavy atom. The number of piperazine rings is 1. The molecule has 18 heavy (non-hydrogen) atoms. The number of nitro groups is 1. The van der Waals surface area contributed by atoms with E-state index in [4.69, 9.17) is 0 Å². The fraction of sp³-hybridized carbons (Fsp3) is 0.727. The van der Waals surface area contributed by atoms with Gasteiger partial charge in [0.15, 0.2) is 0 Å². The van der Waals surface area contributed by atoms with Gasteiger partial charge in [-0.25, -0.2) is 4.68 Å². The molecule has 1 aromatic rings. The molecule has 0 radical (unpaired) electrons. The minimum atomic E-state index is -0.296. The second kappa shape index (κ2) is 5.34. The number of rotatable bonds is 4. The number of hydrogen-bond donors (Lipinski definition) is 1. The summed E-state index contributed by atoms with van der Waals surface area (Å²) < 4.78 is 1.65. The molecule has 1 aliphatic rings.